The Kier molecular flexibility index (Phi) is 6.73. The Bertz CT molecular complexity index is 1200. The van der Waals surface area contributed by atoms with Crippen LogP contribution in [0.15, 0.2) is 48.8 Å². The Morgan fingerprint density at radius 1 is 1.06 bits per heavy atom. The average Bonchev–Trinajstić information content (AvgIpc) is 3.32. The monoisotopic (exact) mass is 472 g/mol. The molecular weight excluding hydrogens is 443 g/mol. The quantitative estimate of drug-likeness (QED) is 0.551. The highest BCUT2D eigenvalue weighted by Gasteiger charge is 2.24. The van der Waals surface area contributed by atoms with Crippen molar-refractivity contribution in [3.05, 3.63) is 54.4 Å². The van der Waals surface area contributed by atoms with Gasteiger partial charge >= 0.3 is 0 Å². The van der Waals surface area contributed by atoms with E-state index in [9.17, 15) is 9.65 Å². The largest absolute Gasteiger partial charge is 0.367 e. The minimum atomic E-state index is -0.842. The van der Waals surface area contributed by atoms with E-state index in [2.05, 4.69) is 43.6 Å². The molecule has 2 aliphatic heterocycles. The molecule has 2 aromatic heterocycles. The number of aromatic nitrogens is 3. The highest BCUT2D eigenvalue weighted by Crippen LogP contribution is 2.30. The molecule has 1 aromatic carbocycles. The van der Waals surface area contributed by atoms with Crippen LogP contribution < -0.4 is 15.5 Å². The van der Waals surface area contributed by atoms with Crippen molar-refractivity contribution in [3.8, 4) is 17.3 Å². The van der Waals surface area contributed by atoms with E-state index in [1.165, 1.54) is 0 Å². The fourth-order valence-electron chi connectivity index (χ4n) is 4.62. The van der Waals surface area contributed by atoms with Crippen molar-refractivity contribution in [1.29, 1.82) is 5.26 Å². The zero-order valence-corrected chi connectivity index (χ0v) is 19.8. The third kappa shape index (κ3) is 5.49. The molecule has 9 heteroatoms. The summed E-state index contributed by atoms with van der Waals surface area (Å²) in [4.78, 5) is 17.8. The van der Waals surface area contributed by atoms with Crippen molar-refractivity contribution in [3.63, 3.8) is 0 Å². The van der Waals surface area contributed by atoms with Gasteiger partial charge in [0.1, 0.15) is 18.1 Å². The van der Waals surface area contributed by atoms with Gasteiger partial charge in [0, 0.05) is 30.9 Å². The third-order valence-corrected chi connectivity index (χ3v) is 6.63. The van der Waals surface area contributed by atoms with Gasteiger partial charge in [-0.2, -0.15) is 5.26 Å². The lowest BCUT2D eigenvalue weighted by molar-refractivity contribution is 0.263. The summed E-state index contributed by atoms with van der Waals surface area (Å²) in [6, 6.07) is 14.0. The molecule has 2 fully saturated rings. The van der Waals surface area contributed by atoms with Crippen LogP contribution in [0.2, 0.25) is 0 Å². The van der Waals surface area contributed by atoms with Gasteiger partial charge in [-0.3, -0.25) is 0 Å². The van der Waals surface area contributed by atoms with E-state index in [0.717, 1.165) is 48.7 Å². The van der Waals surface area contributed by atoms with E-state index in [0.29, 0.717) is 42.8 Å². The van der Waals surface area contributed by atoms with Crippen molar-refractivity contribution < 1.29 is 4.39 Å². The van der Waals surface area contributed by atoms with Crippen LogP contribution in [-0.2, 0) is 0 Å². The molecule has 5 rings (SSSR count). The first kappa shape index (κ1) is 23.0. The molecule has 2 aliphatic rings. The molecule has 0 radical (unpaired) electrons. The highest BCUT2D eigenvalue weighted by molar-refractivity contribution is 5.70. The number of nitriles is 1. The van der Waals surface area contributed by atoms with E-state index < -0.39 is 6.17 Å². The van der Waals surface area contributed by atoms with Crippen molar-refractivity contribution in [2.45, 2.75) is 31.5 Å². The van der Waals surface area contributed by atoms with E-state index in [-0.39, 0.29) is 0 Å². The van der Waals surface area contributed by atoms with E-state index >= 15 is 0 Å². The number of nitrogens with zero attached hydrogens (tertiary/aromatic N) is 6. The molecule has 0 bridgehead atoms. The summed E-state index contributed by atoms with van der Waals surface area (Å²) in [6.45, 7) is 3.15. The van der Waals surface area contributed by atoms with Gasteiger partial charge in [0.05, 0.1) is 28.8 Å². The Hall–Kier alpha value is -3.77. The molecular formula is C26H29FN8. The lowest BCUT2D eigenvalue weighted by atomic mass is 10.1. The van der Waals surface area contributed by atoms with Crippen molar-refractivity contribution in [1.82, 2.24) is 19.9 Å². The second-order valence-corrected chi connectivity index (χ2v) is 9.22. The second kappa shape index (κ2) is 10.2. The first-order valence-electron chi connectivity index (χ1n) is 12.0. The number of hydrogen-bond acceptors (Lipinski definition) is 8. The topological polar surface area (TPSA) is 93.0 Å². The van der Waals surface area contributed by atoms with Gasteiger partial charge in [-0.15, -0.1) is 0 Å². The highest BCUT2D eigenvalue weighted by atomic mass is 19.1. The number of nitrogens with one attached hydrogen (secondary N) is 2. The lowest BCUT2D eigenvalue weighted by Gasteiger charge is -2.29. The number of halogens is 1. The molecule has 2 N–H and O–H groups in total. The lowest BCUT2D eigenvalue weighted by Crippen LogP contribution is -2.36. The van der Waals surface area contributed by atoms with Crippen LogP contribution in [0.4, 0.5) is 27.5 Å². The molecule has 0 saturated carbocycles. The number of likely N-dealkylation sites (tertiary alicyclic amines) is 1. The number of rotatable bonds is 6. The molecule has 35 heavy (non-hydrogen) atoms. The zero-order valence-electron chi connectivity index (χ0n) is 19.8. The van der Waals surface area contributed by atoms with Crippen LogP contribution in [-0.4, -0.2) is 65.3 Å². The normalized spacial score (nSPS) is 18.9. The molecule has 180 valence electrons. The zero-order chi connectivity index (χ0) is 24.2. The smallest absolute Gasteiger partial charge is 0.227 e. The minimum absolute atomic E-state index is 0.329. The Morgan fingerprint density at radius 2 is 1.91 bits per heavy atom. The van der Waals surface area contributed by atoms with Crippen LogP contribution in [0.3, 0.4) is 0 Å². The summed E-state index contributed by atoms with van der Waals surface area (Å²) >= 11 is 0. The fraction of sp³-hybridized carbons (Fsp3) is 0.385. The van der Waals surface area contributed by atoms with E-state index in [1.807, 2.05) is 35.2 Å². The molecule has 0 spiro atoms. The number of anilines is 4. The predicted octanol–water partition coefficient (Wildman–Crippen LogP) is 4.21. The van der Waals surface area contributed by atoms with Crippen LogP contribution in [0.25, 0.3) is 11.3 Å². The fourth-order valence-corrected chi connectivity index (χ4v) is 4.62. The van der Waals surface area contributed by atoms with Crippen molar-refractivity contribution >= 4 is 23.1 Å². The van der Waals surface area contributed by atoms with Gasteiger partial charge in [-0.05, 0) is 69.7 Å². The van der Waals surface area contributed by atoms with Gasteiger partial charge in [0.15, 0.2) is 0 Å². The van der Waals surface area contributed by atoms with Crippen LogP contribution >= 0.6 is 0 Å². The summed E-state index contributed by atoms with van der Waals surface area (Å²) in [5, 5.41) is 16.4. The third-order valence-electron chi connectivity index (χ3n) is 6.63. The molecule has 0 amide bonds. The van der Waals surface area contributed by atoms with Gasteiger partial charge in [-0.1, -0.05) is 6.07 Å². The second-order valence-electron chi connectivity index (χ2n) is 9.22. The number of pyridine rings is 1. The molecule has 3 aromatic rings. The summed E-state index contributed by atoms with van der Waals surface area (Å²) in [5.74, 6) is 1.31. The SMILES string of the molecule is CN1CCC(Nc2ccc(Nc3nccc(-c4ccc(N5CC[C@@H](F)C5)c(C#N)c4)n3)cn2)CC1. The Balaban J connectivity index is 1.26. The number of alkyl halides is 1. The summed E-state index contributed by atoms with van der Waals surface area (Å²) in [5.41, 5.74) is 3.58. The molecule has 4 heterocycles. The van der Waals surface area contributed by atoms with Crippen molar-refractivity contribution in [2.24, 2.45) is 0 Å². The Labute approximate surface area is 204 Å². The van der Waals surface area contributed by atoms with Crippen molar-refractivity contribution in [2.75, 3.05) is 48.8 Å². The van der Waals surface area contributed by atoms with Gasteiger partial charge in [-0.25, -0.2) is 19.3 Å². The predicted molar refractivity (Wildman–Crippen MR) is 136 cm³/mol. The maximum absolute atomic E-state index is 13.6. The minimum Gasteiger partial charge on any atom is -0.367 e. The number of benzene rings is 1. The maximum Gasteiger partial charge on any atom is 0.227 e. The van der Waals surface area contributed by atoms with Gasteiger partial charge < -0.3 is 20.4 Å². The molecule has 8 nitrogen and oxygen atoms in total. The molecule has 2 saturated heterocycles. The van der Waals surface area contributed by atoms with E-state index in [1.54, 1.807) is 18.5 Å². The van der Waals surface area contributed by atoms with Crippen LogP contribution in [0, 0.1) is 11.3 Å². The van der Waals surface area contributed by atoms with Crippen LogP contribution in [0.5, 0.6) is 0 Å². The van der Waals surface area contributed by atoms with Crippen LogP contribution in [0.1, 0.15) is 24.8 Å². The summed E-state index contributed by atoms with van der Waals surface area (Å²) < 4.78 is 13.6. The number of hydrogen-bond donors (Lipinski definition) is 2. The first-order valence-corrected chi connectivity index (χ1v) is 12.0. The van der Waals surface area contributed by atoms with Gasteiger partial charge in [0.2, 0.25) is 5.95 Å². The Morgan fingerprint density at radius 3 is 2.63 bits per heavy atom. The van der Waals surface area contributed by atoms with Gasteiger partial charge in [0.25, 0.3) is 0 Å². The summed E-state index contributed by atoms with van der Waals surface area (Å²) in [7, 11) is 2.15. The average molecular weight is 473 g/mol. The maximum atomic E-state index is 13.6. The molecule has 0 aliphatic carbocycles. The first-order chi connectivity index (χ1) is 17.1. The van der Waals surface area contributed by atoms with E-state index in [4.69, 9.17) is 0 Å². The molecule has 0 unspecified atom stereocenters. The molecule has 1 atom stereocenters. The standard InChI is InChI=1S/C26H29FN8/c1-34-11-8-21(9-12-34)31-25-5-3-22(16-30-25)32-26-29-10-6-23(33-26)18-2-4-24(19(14-18)15-28)35-13-7-20(27)17-35/h2-6,10,14,16,20-21H,7-9,11-13,17H2,1H3,(H,30,31)(H,29,32,33)/t20-/m1/s1. The summed E-state index contributed by atoms with van der Waals surface area (Å²) in [6.07, 6.45) is 5.33. The number of piperidine rings is 1.